The van der Waals surface area contributed by atoms with E-state index >= 15 is 0 Å². The van der Waals surface area contributed by atoms with Crippen molar-refractivity contribution in [1.29, 1.82) is 0 Å². The molecule has 1 aliphatic rings. The zero-order valence-corrected chi connectivity index (χ0v) is 14.1. The van der Waals surface area contributed by atoms with Crippen molar-refractivity contribution in [3.05, 3.63) is 36.0 Å². The zero-order valence-electron chi connectivity index (χ0n) is 14.1. The molecule has 2 heterocycles. The number of aryl methyl sites for hydroxylation is 1. The second-order valence-electron chi connectivity index (χ2n) is 6.55. The Balaban J connectivity index is 1.70. The number of hydrogen-bond donors (Lipinski definition) is 0. The molecule has 0 saturated carbocycles. The minimum atomic E-state index is 0.265. The van der Waals surface area contributed by atoms with Gasteiger partial charge in [0.05, 0.1) is 13.2 Å². The first-order valence-corrected chi connectivity index (χ1v) is 8.57. The van der Waals surface area contributed by atoms with Crippen molar-refractivity contribution in [1.82, 2.24) is 9.47 Å². The third-order valence-corrected chi connectivity index (χ3v) is 4.63. The van der Waals surface area contributed by atoms with Crippen LogP contribution in [0.4, 0.5) is 0 Å². The molecule has 0 radical (unpaired) electrons. The monoisotopic (exact) mass is 314 g/mol. The fourth-order valence-corrected chi connectivity index (χ4v) is 3.39. The minimum absolute atomic E-state index is 0.265. The molecule has 124 valence electrons. The number of carbonyl (C=O) groups excluding carboxylic acids is 1. The first-order chi connectivity index (χ1) is 11.2. The molecule has 0 aliphatic carbocycles. The molecule has 4 nitrogen and oxygen atoms in total. The molecular formula is C19H26N2O2. The van der Waals surface area contributed by atoms with Crippen LogP contribution in [-0.2, 0) is 23.0 Å². The Morgan fingerprint density at radius 3 is 3.04 bits per heavy atom. The van der Waals surface area contributed by atoms with E-state index < -0.39 is 0 Å². The van der Waals surface area contributed by atoms with E-state index in [1.165, 1.54) is 16.5 Å². The van der Waals surface area contributed by atoms with Crippen molar-refractivity contribution in [2.75, 3.05) is 26.3 Å². The van der Waals surface area contributed by atoms with Gasteiger partial charge in [0.25, 0.3) is 0 Å². The van der Waals surface area contributed by atoms with Gasteiger partial charge in [0.15, 0.2) is 0 Å². The summed E-state index contributed by atoms with van der Waals surface area (Å²) in [5.41, 5.74) is 2.58. The lowest BCUT2D eigenvalue weighted by molar-refractivity contribution is -0.131. The summed E-state index contributed by atoms with van der Waals surface area (Å²) >= 11 is 0. The highest BCUT2D eigenvalue weighted by molar-refractivity contribution is 5.80. The van der Waals surface area contributed by atoms with Gasteiger partial charge in [-0.2, -0.15) is 0 Å². The normalized spacial score (nSPS) is 19.0. The Morgan fingerprint density at radius 1 is 1.35 bits per heavy atom. The van der Waals surface area contributed by atoms with Crippen LogP contribution in [-0.4, -0.2) is 41.7 Å². The predicted octanol–water partition coefficient (Wildman–Crippen LogP) is 3.00. The van der Waals surface area contributed by atoms with E-state index in [-0.39, 0.29) is 5.91 Å². The lowest BCUT2D eigenvalue weighted by atomic mass is 9.98. The van der Waals surface area contributed by atoms with Crippen LogP contribution >= 0.6 is 0 Å². The zero-order chi connectivity index (χ0) is 16.2. The summed E-state index contributed by atoms with van der Waals surface area (Å²) in [5, 5.41) is 1.28. The highest BCUT2D eigenvalue weighted by atomic mass is 16.5. The molecule has 1 aromatic carbocycles. The van der Waals surface area contributed by atoms with E-state index in [2.05, 4.69) is 49.0 Å². The Kier molecular flexibility index (Phi) is 5.01. The molecule has 1 fully saturated rings. The van der Waals surface area contributed by atoms with Crippen molar-refractivity contribution in [3.8, 4) is 0 Å². The molecule has 1 aromatic heterocycles. The maximum atomic E-state index is 12.2. The van der Waals surface area contributed by atoms with Gasteiger partial charge in [0.2, 0.25) is 5.91 Å². The molecule has 3 rings (SSSR count). The predicted molar refractivity (Wildman–Crippen MR) is 92.4 cm³/mol. The lowest BCUT2D eigenvalue weighted by Gasteiger charge is -2.23. The number of aromatic nitrogens is 1. The Bertz CT molecular complexity index is 677. The molecule has 1 saturated heterocycles. The van der Waals surface area contributed by atoms with Gasteiger partial charge >= 0.3 is 0 Å². The standard InChI is InChI=1S/C19H26N2O2/c1-3-4-19(22)21-9-10-23-14-16(13-21)11-15-5-6-18-17(12-15)7-8-20(18)2/h5-8,12,16H,3-4,9-11,13-14H2,1-2H3. The van der Waals surface area contributed by atoms with Gasteiger partial charge < -0.3 is 14.2 Å². The van der Waals surface area contributed by atoms with Gasteiger partial charge in [-0.05, 0) is 42.0 Å². The summed E-state index contributed by atoms with van der Waals surface area (Å²) in [6.45, 7) is 4.99. The molecule has 1 unspecified atom stereocenters. The summed E-state index contributed by atoms with van der Waals surface area (Å²) in [6.07, 6.45) is 4.60. The van der Waals surface area contributed by atoms with Crippen molar-refractivity contribution < 1.29 is 9.53 Å². The van der Waals surface area contributed by atoms with Crippen molar-refractivity contribution >= 4 is 16.8 Å². The maximum absolute atomic E-state index is 12.2. The number of nitrogens with zero attached hydrogens (tertiary/aromatic N) is 2. The number of hydrogen-bond acceptors (Lipinski definition) is 2. The van der Waals surface area contributed by atoms with Crippen LogP contribution in [0.15, 0.2) is 30.5 Å². The summed E-state index contributed by atoms with van der Waals surface area (Å²) in [7, 11) is 2.07. The molecule has 23 heavy (non-hydrogen) atoms. The molecular weight excluding hydrogens is 288 g/mol. The largest absolute Gasteiger partial charge is 0.379 e. The number of benzene rings is 1. The van der Waals surface area contributed by atoms with Gasteiger partial charge in [0, 0.05) is 44.2 Å². The van der Waals surface area contributed by atoms with Gasteiger partial charge in [-0.15, -0.1) is 0 Å². The number of carbonyl (C=O) groups is 1. The number of fused-ring (bicyclic) bond motifs is 1. The summed E-state index contributed by atoms with van der Waals surface area (Å²) in [4.78, 5) is 14.2. The maximum Gasteiger partial charge on any atom is 0.222 e. The second-order valence-corrected chi connectivity index (χ2v) is 6.55. The van der Waals surface area contributed by atoms with Crippen LogP contribution in [0, 0.1) is 5.92 Å². The fourth-order valence-electron chi connectivity index (χ4n) is 3.39. The summed E-state index contributed by atoms with van der Waals surface area (Å²) in [6, 6.07) is 8.80. The Hall–Kier alpha value is -1.81. The minimum Gasteiger partial charge on any atom is -0.379 e. The second kappa shape index (κ2) is 7.18. The van der Waals surface area contributed by atoms with E-state index in [1.54, 1.807) is 0 Å². The van der Waals surface area contributed by atoms with Crippen LogP contribution in [0.2, 0.25) is 0 Å². The lowest BCUT2D eigenvalue weighted by Crippen LogP contribution is -2.36. The third kappa shape index (κ3) is 3.75. The van der Waals surface area contributed by atoms with Gasteiger partial charge in [-0.25, -0.2) is 0 Å². The van der Waals surface area contributed by atoms with Crippen molar-refractivity contribution in [2.45, 2.75) is 26.2 Å². The van der Waals surface area contributed by atoms with Crippen LogP contribution in [0.5, 0.6) is 0 Å². The van der Waals surface area contributed by atoms with E-state index in [1.807, 2.05) is 4.90 Å². The quantitative estimate of drug-likeness (QED) is 0.869. The highest BCUT2D eigenvalue weighted by Crippen LogP contribution is 2.20. The smallest absolute Gasteiger partial charge is 0.222 e. The molecule has 1 atom stereocenters. The van der Waals surface area contributed by atoms with E-state index in [9.17, 15) is 4.79 Å². The average molecular weight is 314 g/mol. The fraction of sp³-hybridized carbons (Fsp3) is 0.526. The number of ether oxygens (including phenoxy) is 1. The number of amides is 1. The van der Waals surface area contributed by atoms with Gasteiger partial charge in [-0.3, -0.25) is 4.79 Å². The van der Waals surface area contributed by atoms with Gasteiger partial charge in [0.1, 0.15) is 0 Å². The van der Waals surface area contributed by atoms with E-state index in [0.717, 1.165) is 32.5 Å². The average Bonchev–Trinajstić information content (AvgIpc) is 2.76. The highest BCUT2D eigenvalue weighted by Gasteiger charge is 2.22. The van der Waals surface area contributed by atoms with Crippen LogP contribution < -0.4 is 0 Å². The molecule has 2 aromatic rings. The summed E-state index contributed by atoms with van der Waals surface area (Å²) < 4.78 is 7.87. The molecule has 0 spiro atoms. The third-order valence-electron chi connectivity index (χ3n) is 4.63. The molecule has 0 N–H and O–H groups in total. The van der Waals surface area contributed by atoms with Crippen LogP contribution in [0.25, 0.3) is 10.9 Å². The molecule has 1 aliphatic heterocycles. The molecule has 0 bridgehead atoms. The first-order valence-electron chi connectivity index (χ1n) is 8.57. The SMILES string of the molecule is CCCC(=O)N1CCOCC(Cc2ccc3c(ccn3C)c2)C1. The molecule has 1 amide bonds. The van der Waals surface area contributed by atoms with E-state index in [0.29, 0.717) is 18.9 Å². The van der Waals surface area contributed by atoms with Crippen LogP contribution in [0.1, 0.15) is 25.3 Å². The summed E-state index contributed by atoms with van der Waals surface area (Å²) in [5.74, 6) is 0.640. The first kappa shape index (κ1) is 16.1. The Morgan fingerprint density at radius 2 is 2.22 bits per heavy atom. The molecule has 4 heteroatoms. The van der Waals surface area contributed by atoms with Crippen molar-refractivity contribution in [2.24, 2.45) is 13.0 Å². The topological polar surface area (TPSA) is 34.5 Å². The number of rotatable bonds is 4. The van der Waals surface area contributed by atoms with Crippen molar-refractivity contribution in [3.63, 3.8) is 0 Å². The van der Waals surface area contributed by atoms with Gasteiger partial charge in [-0.1, -0.05) is 13.0 Å². The van der Waals surface area contributed by atoms with Crippen LogP contribution in [0.3, 0.4) is 0 Å². The Labute approximate surface area is 138 Å². The van der Waals surface area contributed by atoms with E-state index in [4.69, 9.17) is 4.74 Å².